The van der Waals surface area contributed by atoms with Gasteiger partial charge in [0.15, 0.2) is 11.5 Å². The second-order valence-corrected chi connectivity index (χ2v) is 4.37. The zero-order valence-electron chi connectivity index (χ0n) is 9.91. The molecular weight excluding hydrogens is 282 g/mol. The third-order valence-corrected chi connectivity index (χ3v) is 2.89. The number of nitrogens with zero attached hydrogens (tertiary/aromatic N) is 1. The molecule has 1 rings (SSSR count). The molecule has 0 bridgehead atoms. The zero-order chi connectivity index (χ0) is 12.5. The molecule has 92 valence electrons. The summed E-state index contributed by atoms with van der Waals surface area (Å²) in [6.07, 6.45) is 3.33. The van der Waals surface area contributed by atoms with Gasteiger partial charge in [0, 0.05) is 11.4 Å². The summed E-state index contributed by atoms with van der Waals surface area (Å²) < 4.78 is 10.8. The van der Waals surface area contributed by atoms with E-state index in [1.807, 2.05) is 0 Å². The minimum absolute atomic E-state index is 0.577. The average Bonchev–Trinajstić information content (AvgIpc) is 2.38. The van der Waals surface area contributed by atoms with Crippen LogP contribution >= 0.6 is 15.9 Å². The summed E-state index contributed by atoms with van der Waals surface area (Å²) in [4.78, 5) is 0. The molecule has 3 nitrogen and oxygen atoms in total. The van der Waals surface area contributed by atoms with Crippen molar-refractivity contribution in [2.45, 2.75) is 19.3 Å². The lowest BCUT2D eigenvalue weighted by atomic mass is 10.2. The number of ether oxygens (including phenoxy) is 2. The Morgan fingerprint density at radius 3 is 2.71 bits per heavy atom. The summed E-state index contributed by atoms with van der Waals surface area (Å²) in [5.41, 5.74) is 0.577. The lowest BCUT2D eigenvalue weighted by molar-refractivity contribution is 0.286. The van der Waals surface area contributed by atoms with Crippen LogP contribution in [0, 0.1) is 11.3 Å². The first-order valence-corrected chi connectivity index (χ1v) is 6.71. The summed E-state index contributed by atoms with van der Waals surface area (Å²) in [6, 6.07) is 7.27. The van der Waals surface area contributed by atoms with E-state index in [0.717, 1.165) is 24.6 Å². The van der Waals surface area contributed by atoms with Gasteiger partial charge in [0.25, 0.3) is 0 Å². The summed E-state index contributed by atoms with van der Waals surface area (Å²) in [5, 5.41) is 9.81. The minimum Gasteiger partial charge on any atom is -0.493 e. The van der Waals surface area contributed by atoms with E-state index >= 15 is 0 Å². The molecule has 0 amide bonds. The van der Waals surface area contributed by atoms with Crippen molar-refractivity contribution in [3.63, 3.8) is 0 Å². The summed E-state index contributed by atoms with van der Waals surface area (Å²) in [7, 11) is 1.58. The number of hydrogen-bond donors (Lipinski definition) is 0. The Bertz CT molecular complexity index is 387. The van der Waals surface area contributed by atoms with E-state index in [1.54, 1.807) is 25.3 Å². The van der Waals surface area contributed by atoms with Crippen molar-refractivity contribution < 1.29 is 9.47 Å². The van der Waals surface area contributed by atoms with Gasteiger partial charge in [-0.25, -0.2) is 0 Å². The predicted octanol–water partition coefficient (Wildman–Crippen LogP) is 3.51. The predicted molar refractivity (Wildman–Crippen MR) is 70.8 cm³/mol. The van der Waals surface area contributed by atoms with Crippen molar-refractivity contribution in [3.8, 4) is 17.6 Å². The largest absolute Gasteiger partial charge is 0.493 e. The number of methoxy groups -OCH3 is 1. The Balaban J connectivity index is 2.50. The molecule has 0 aliphatic heterocycles. The monoisotopic (exact) mass is 297 g/mol. The number of nitriles is 1. The molecule has 0 aliphatic rings. The Kier molecular flexibility index (Phi) is 6.49. The first-order chi connectivity index (χ1) is 8.31. The highest BCUT2D eigenvalue weighted by atomic mass is 79.9. The Hall–Kier alpha value is -1.21. The fraction of sp³-hybridized carbons (Fsp3) is 0.462. The lowest BCUT2D eigenvalue weighted by Gasteiger charge is -2.10. The molecule has 0 aliphatic carbocycles. The van der Waals surface area contributed by atoms with Crippen LogP contribution < -0.4 is 9.47 Å². The normalized spacial score (nSPS) is 9.71. The van der Waals surface area contributed by atoms with Crippen molar-refractivity contribution in [1.82, 2.24) is 0 Å². The van der Waals surface area contributed by atoms with Crippen molar-refractivity contribution in [2.24, 2.45) is 0 Å². The van der Waals surface area contributed by atoms with Crippen LogP contribution in [0.2, 0.25) is 0 Å². The van der Waals surface area contributed by atoms with Crippen LogP contribution in [0.5, 0.6) is 11.5 Å². The number of rotatable bonds is 7. The molecule has 0 aromatic heterocycles. The van der Waals surface area contributed by atoms with Gasteiger partial charge < -0.3 is 9.47 Å². The van der Waals surface area contributed by atoms with Crippen LogP contribution in [0.25, 0.3) is 0 Å². The van der Waals surface area contributed by atoms with E-state index < -0.39 is 0 Å². The summed E-state index contributed by atoms with van der Waals surface area (Å²) >= 11 is 3.39. The molecule has 0 N–H and O–H groups in total. The Labute approximate surface area is 110 Å². The highest BCUT2D eigenvalue weighted by molar-refractivity contribution is 9.09. The van der Waals surface area contributed by atoms with Crippen LogP contribution in [0.4, 0.5) is 0 Å². The van der Waals surface area contributed by atoms with Crippen LogP contribution in [0.3, 0.4) is 0 Å². The third-order valence-electron chi connectivity index (χ3n) is 2.33. The Morgan fingerprint density at radius 2 is 2.06 bits per heavy atom. The van der Waals surface area contributed by atoms with Gasteiger partial charge >= 0.3 is 0 Å². The molecule has 0 radical (unpaired) electrons. The van der Waals surface area contributed by atoms with Crippen LogP contribution in [0.15, 0.2) is 18.2 Å². The zero-order valence-corrected chi connectivity index (χ0v) is 11.5. The van der Waals surface area contributed by atoms with Crippen molar-refractivity contribution >= 4 is 15.9 Å². The molecule has 4 heteroatoms. The fourth-order valence-corrected chi connectivity index (χ4v) is 1.81. The maximum Gasteiger partial charge on any atom is 0.162 e. The van der Waals surface area contributed by atoms with Gasteiger partial charge in [0.05, 0.1) is 25.3 Å². The molecule has 0 atom stereocenters. The van der Waals surface area contributed by atoms with E-state index in [1.165, 1.54) is 0 Å². The molecule has 0 unspecified atom stereocenters. The smallest absolute Gasteiger partial charge is 0.162 e. The maximum atomic E-state index is 8.77. The summed E-state index contributed by atoms with van der Waals surface area (Å²) in [5.74, 6) is 1.31. The molecule has 1 aromatic carbocycles. The van der Waals surface area contributed by atoms with Gasteiger partial charge in [-0.1, -0.05) is 15.9 Å². The number of hydrogen-bond acceptors (Lipinski definition) is 3. The molecular formula is C13H16BrNO2. The molecule has 0 saturated carbocycles. The molecule has 0 saturated heterocycles. The van der Waals surface area contributed by atoms with Gasteiger partial charge in [-0.3, -0.25) is 0 Å². The maximum absolute atomic E-state index is 8.77. The van der Waals surface area contributed by atoms with E-state index in [9.17, 15) is 0 Å². The Morgan fingerprint density at radius 1 is 1.24 bits per heavy atom. The topological polar surface area (TPSA) is 42.2 Å². The number of alkyl halides is 1. The molecule has 1 aromatic rings. The molecule has 0 heterocycles. The van der Waals surface area contributed by atoms with Crippen LogP contribution in [-0.2, 0) is 0 Å². The van der Waals surface area contributed by atoms with E-state index in [4.69, 9.17) is 14.7 Å². The van der Waals surface area contributed by atoms with Crippen LogP contribution in [0.1, 0.15) is 24.8 Å². The third kappa shape index (κ3) is 4.66. The van der Waals surface area contributed by atoms with Crippen molar-refractivity contribution in [1.29, 1.82) is 5.26 Å². The lowest BCUT2D eigenvalue weighted by Crippen LogP contribution is -1.99. The van der Waals surface area contributed by atoms with Gasteiger partial charge in [-0.2, -0.15) is 5.26 Å². The highest BCUT2D eigenvalue weighted by Crippen LogP contribution is 2.27. The number of halogens is 1. The second-order valence-electron chi connectivity index (χ2n) is 3.58. The van der Waals surface area contributed by atoms with Crippen LogP contribution in [-0.4, -0.2) is 19.0 Å². The van der Waals surface area contributed by atoms with Crippen molar-refractivity contribution in [3.05, 3.63) is 23.8 Å². The highest BCUT2D eigenvalue weighted by Gasteiger charge is 2.05. The quantitative estimate of drug-likeness (QED) is 0.571. The SMILES string of the molecule is COc1cc(C#N)ccc1OCCCCCBr. The first-order valence-electron chi connectivity index (χ1n) is 5.58. The number of unbranched alkanes of at least 4 members (excludes halogenated alkanes) is 2. The summed E-state index contributed by atoms with van der Waals surface area (Å²) in [6.45, 7) is 0.676. The first kappa shape index (κ1) is 13.9. The van der Waals surface area contributed by atoms with Gasteiger partial charge in [0.1, 0.15) is 0 Å². The van der Waals surface area contributed by atoms with E-state index in [2.05, 4.69) is 22.0 Å². The van der Waals surface area contributed by atoms with Crippen molar-refractivity contribution in [2.75, 3.05) is 19.0 Å². The molecule has 0 spiro atoms. The van der Waals surface area contributed by atoms with Gasteiger partial charge in [0.2, 0.25) is 0 Å². The minimum atomic E-state index is 0.577. The fourth-order valence-electron chi connectivity index (χ4n) is 1.41. The molecule has 0 fully saturated rings. The molecule has 17 heavy (non-hydrogen) atoms. The number of benzene rings is 1. The van der Waals surface area contributed by atoms with E-state index in [0.29, 0.717) is 23.7 Å². The second kappa shape index (κ2) is 7.97. The standard InChI is InChI=1S/C13H16BrNO2/c1-16-13-9-11(10-15)5-6-12(13)17-8-4-2-3-7-14/h5-6,9H,2-4,7-8H2,1H3. The van der Waals surface area contributed by atoms with Gasteiger partial charge in [-0.15, -0.1) is 0 Å². The van der Waals surface area contributed by atoms with E-state index in [-0.39, 0.29) is 0 Å². The van der Waals surface area contributed by atoms with Gasteiger partial charge in [-0.05, 0) is 31.4 Å². The average molecular weight is 298 g/mol.